The van der Waals surface area contributed by atoms with Gasteiger partial charge in [0.05, 0.1) is 16.1 Å². The maximum absolute atomic E-state index is 11.8. The Hall–Kier alpha value is -1.32. The van der Waals surface area contributed by atoms with Crippen molar-refractivity contribution in [2.75, 3.05) is 0 Å². The molecule has 1 aromatic carbocycles. The Balaban J connectivity index is 3.07. The summed E-state index contributed by atoms with van der Waals surface area (Å²) >= 11 is 11.8. The van der Waals surface area contributed by atoms with E-state index >= 15 is 0 Å². The highest BCUT2D eigenvalue weighted by Crippen LogP contribution is 2.26. The summed E-state index contributed by atoms with van der Waals surface area (Å²) in [6, 6.07) is 4.99. The summed E-state index contributed by atoms with van der Waals surface area (Å²) in [5, 5.41) is 1.32. The van der Waals surface area contributed by atoms with Crippen LogP contribution in [0.2, 0.25) is 10.0 Å². The van der Waals surface area contributed by atoms with E-state index in [-0.39, 0.29) is 10.6 Å². The summed E-state index contributed by atoms with van der Waals surface area (Å²) in [5.41, 5.74) is 0.154. The van der Waals surface area contributed by atoms with Crippen LogP contribution >= 0.6 is 23.2 Å². The minimum atomic E-state index is -0.422. The zero-order valence-corrected chi connectivity index (χ0v) is 9.84. The fourth-order valence-corrected chi connectivity index (χ4v) is 2.05. The molecule has 0 N–H and O–H groups in total. The molecule has 82 valence electrons. The van der Waals surface area contributed by atoms with Crippen molar-refractivity contribution in [2.45, 2.75) is 0 Å². The topological polar surface area (TPSA) is 39.1 Å². The van der Waals surface area contributed by atoms with Gasteiger partial charge in [-0.2, -0.15) is 0 Å². The number of aromatic nitrogens is 1. The van der Waals surface area contributed by atoms with Crippen LogP contribution in [0.1, 0.15) is 10.4 Å². The Morgan fingerprint density at radius 3 is 2.62 bits per heavy atom. The molecule has 3 nitrogen and oxygen atoms in total. The number of fused-ring (bicyclic) bond motifs is 1. The lowest BCUT2D eigenvalue weighted by Gasteiger charge is -2.08. The molecular formula is C11H7Cl2NO2. The highest BCUT2D eigenvalue weighted by atomic mass is 35.5. The smallest absolute Gasteiger partial charge is 0.262 e. The predicted molar refractivity (Wildman–Crippen MR) is 64.6 cm³/mol. The van der Waals surface area contributed by atoms with E-state index in [2.05, 4.69) is 0 Å². The van der Waals surface area contributed by atoms with Crippen molar-refractivity contribution in [3.05, 3.63) is 44.2 Å². The molecule has 0 amide bonds. The van der Waals surface area contributed by atoms with Gasteiger partial charge in [-0.1, -0.05) is 23.2 Å². The number of nitrogens with zero attached hydrogens (tertiary/aromatic N) is 1. The highest BCUT2D eigenvalue weighted by molar-refractivity contribution is 6.38. The van der Waals surface area contributed by atoms with Crippen LogP contribution in [0.15, 0.2) is 23.0 Å². The van der Waals surface area contributed by atoms with Crippen molar-refractivity contribution in [3.8, 4) is 0 Å². The number of carbonyl (C=O) groups is 1. The van der Waals surface area contributed by atoms with Gasteiger partial charge in [-0.3, -0.25) is 9.59 Å². The van der Waals surface area contributed by atoms with Gasteiger partial charge in [0.25, 0.3) is 5.56 Å². The molecule has 0 spiro atoms. The average molecular weight is 256 g/mol. The molecule has 16 heavy (non-hydrogen) atoms. The Bertz CT molecular complexity index is 646. The molecular weight excluding hydrogens is 249 g/mol. The third-order valence-corrected chi connectivity index (χ3v) is 3.09. The molecule has 0 unspecified atom stereocenters. The molecule has 2 aromatic rings. The van der Waals surface area contributed by atoms with Gasteiger partial charge >= 0.3 is 0 Å². The van der Waals surface area contributed by atoms with Gasteiger partial charge in [0, 0.05) is 17.5 Å². The normalized spacial score (nSPS) is 10.7. The number of halogens is 2. The maximum Gasteiger partial charge on any atom is 0.262 e. The highest BCUT2D eigenvalue weighted by Gasteiger charge is 2.12. The van der Waals surface area contributed by atoms with E-state index in [1.54, 1.807) is 25.2 Å². The van der Waals surface area contributed by atoms with Crippen LogP contribution in [0, 0.1) is 0 Å². The van der Waals surface area contributed by atoms with E-state index in [1.165, 1.54) is 4.57 Å². The molecule has 0 radical (unpaired) electrons. The number of hydrogen-bond acceptors (Lipinski definition) is 2. The second-order valence-corrected chi connectivity index (χ2v) is 4.19. The van der Waals surface area contributed by atoms with E-state index in [1.807, 2.05) is 0 Å². The van der Waals surface area contributed by atoms with Crippen molar-refractivity contribution in [2.24, 2.45) is 7.05 Å². The quantitative estimate of drug-likeness (QED) is 0.736. The fraction of sp³-hybridized carbons (Fsp3) is 0.0909. The van der Waals surface area contributed by atoms with Gasteiger partial charge in [0.1, 0.15) is 0 Å². The van der Waals surface area contributed by atoms with E-state index in [4.69, 9.17) is 23.2 Å². The van der Waals surface area contributed by atoms with Gasteiger partial charge in [-0.05, 0) is 18.2 Å². The first kappa shape index (κ1) is 11.2. The van der Waals surface area contributed by atoms with Crippen molar-refractivity contribution >= 4 is 40.4 Å². The standard InChI is InChI=1S/C11H7Cl2NO2/c1-14-9-4-6(12)2-3-7(9)10(13)8(5-15)11(14)16/h2-5H,1H3. The van der Waals surface area contributed by atoms with E-state index in [0.717, 1.165) is 0 Å². The van der Waals surface area contributed by atoms with Crippen LogP contribution in [0.4, 0.5) is 0 Å². The van der Waals surface area contributed by atoms with Gasteiger partial charge < -0.3 is 4.57 Å². The van der Waals surface area contributed by atoms with Crippen molar-refractivity contribution in [3.63, 3.8) is 0 Å². The molecule has 2 rings (SSSR count). The third kappa shape index (κ3) is 1.52. The number of carbonyl (C=O) groups excluding carboxylic acids is 1. The monoisotopic (exact) mass is 255 g/mol. The first-order valence-corrected chi connectivity index (χ1v) is 5.24. The lowest BCUT2D eigenvalue weighted by molar-refractivity contribution is 0.112. The number of hydrogen-bond donors (Lipinski definition) is 0. The summed E-state index contributed by atoms with van der Waals surface area (Å²) in [6.45, 7) is 0. The predicted octanol–water partition coefficient (Wildman–Crippen LogP) is 2.66. The first-order valence-electron chi connectivity index (χ1n) is 4.49. The van der Waals surface area contributed by atoms with Gasteiger partial charge in [-0.15, -0.1) is 0 Å². The lowest BCUT2D eigenvalue weighted by atomic mass is 10.1. The lowest BCUT2D eigenvalue weighted by Crippen LogP contribution is -2.21. The van der Waals surface area contributed by atoms with Gasteiger partial charge in [0.15, 0.2) is 6.29 Å². The number of aldehydes is 1. The Labute approximate surface area is 101 Å². The second-order valence-electron chi connectivity index (χ2n) is 3.37. The Kier molecular flexibility index (Phi) is 2.74. The van der Waals surface area contributed by atoms with E-state index in [0.29, 0.717) is 22.2 Å². The van der Waals surface area contributed by atoms with Gasteiger partial charge in [0.2, 0.25) is 0 Å². The van der Waals surface area contributed by atoms with Crippen LogP contribution in [0.5, 0.6) is 0 Å². The van der Waals surface area contributed by atoms with Gasteiger partial charge in [-0.25, -0.2) is 0 Å². The molecule has 0 atom stereocenters. The average Bonchev–Trinajstić information content (AvgIpc) is 2.27. The minimum absolute atomic E-state index is 0.0287. The van der Waals surface area contributed by atoms with Crippen LogP contribution in [-0.2, 0) is 7.05 Å². The maximum atomic E-state index is 11.8. The van der Waals surface area contributed by atoms with E-state index < -0.39 is 5.56 Å². The summed E-state index contributed by atoms with van der Waals surface area (Å²) in [5.74, 6) is 0. The molecule has 0 aliphatic rings. The zero-order chi connectivity index (χ0) is 11.9. The van der Waals surface area contributed by atoms with Crippen LogP contribution in [0.3, 0.4) is 0 Å². The van der Waals surface area contributed by atoms with E-state index in [9.17, 15) is 9.59 Å². The first-order chi connectivity index (χ1) is 7.56. The van der Waals surface area contributed by atoms with Crippen LogP contribution in [-0.4, -0.2) is 10.9 Å². The van der Waals surface area contributed by atoms with Crippen LogP contribution < -0.4 is 5.56 Å². The van der Waals surface area contributed by atoms with Crippen molar-refractivity contribution < 1.29 is 4.79 Å². The molecule has 0 fully saturated rings. The molecule has 5 heteroatoms. The summed E-state index contributed by atoms with van der Waals surface area (Å²) in [4.78, 5) is 22.5. The van der Waals surface area contributed by atoms with Crippen LogP contribution in [0.25, 0.3) is 10.9 Å². The fourth-order valence-electron chi connectivity index (χ4n) is 1.60. The summed E-state index contributed by atoms with van der Waals surface area (Å²) < 4.78 is 1.36. The molecule has 0 saturated heterocycles. The summed E-state index contributed by atoms with van der Waals surface area (Å²) in [7, 11) is 1.57. The number of aryl methyl sites for hydroxylation is 1. The molecule has 1 aromatic heterocycles. The third-order valence-electron chi connectivity index (χ3n) is 2.45. The SMILES string of the molecule is Cn1c(=O)c(C=O)c(Cl)c2ccc(Cl)cc21. The minimum Gasteiger partial charge on any atom is -0.311 e. The second kappa shape index (κ2) is 3.92. The van der Waals surface area contributed by atoms with Crippen molar-refractivity contribution in [1.29, 1.82) is 0 Å². The largest absolute Gasteiger partial charge is 0.311 e. The van der Waals surface area contributed by atoms with Crippen molar-refractivity contribution in [1.82, 2.24) is 4.57 Å². The molecule has 0 saturated carbocycles. The number of rotatable bonds is 1. The molecule has 0 aliphatic heterocycles. The summed E-state index contributed by atoms with van der Waals surface area (Å²) in [6.07, 6.45) is 0.471. The number of pyridine rings is 1. The number of benzene rings is 1. The Morgan fingerprint density at radius 2 is 2.00 bits per heavy atom. The zero-order valence-electron chi connectivity index (χ0n) is 8.33. The molecule has 0 aliphatic carbocycles. The Morgan fingerprint density at radius 1 is 1.31 bits per heavy atom. The molecule has 1 heterocycles. The molecule has 0 bridgehead atoms.